The molecule has 0 aromatic heterocycles. The Morgan fingerprint density at radius 2 is 1.75 bits per heavy atom. The molecule has 1 unspecified atom stereocenters. The van der Waals surface area contributed by atoms with Crippen molar-refractivity contribution in [3.8, 4) is 0 Å². The monoisotopic (exact) mass is 73.0 g/mol. The van der Waals surface area contributed by atoms with E-state index in [1.165, 1.54) is 12.8 Å². The maximum absolute atomic E-state index is 2.69. The summed E-state index contributed by atoms with van der Waals surface area (Å²) in [6.07, 6.45) is 2.73. The smallest absolute Gasteiger partial charge is 0.0147 e. The minimum atomic E-state index is 1.37. The van der Waals surface area contributed by atoms with E-state index in [4.69, 9.17) is 0 Å². The van der Waals surface area contributed by atoms with Gasteiger partial charge in [0, 0.05) is 12.8 Å². The number of hydrogen-bond acceptors (Lipinski definition) is 0. The lowest BCUT2D eigenvalue weighted by atomic mass is 11.0. The molecule has 1 saturated carbocycles. The van der Waals surface area contributed by atoms with E-state index in [9.17, 15) is 0 Å². The van der Waals surface area contributed by atoms with Gasteiger partial charge in [-0.3, -0.25) is 0 Å². The minimum absolute atomic E-state index is 1.37. The lowest BCUT2D eigenvalue weighted by Crippen LogP contribution is -1.32. The fourth-order valence-corrected chi connectivity index (χ4v) is 0.217. The third-order valence-corrected chi connectivity index (χ3v) is 1.12. The molecule has 0 bridgehead atoms. The predicted octanol–water partition coefficient (Wildman–Crippen LogP) is 0.828. The second-order valence-electron chi connectivity index (χ2n) is 1.16. The molecule has 1 heteroatoms. The van der Waals surface area contributed by atoms with Crippen molar-refractivity contribution in [1.82, 2.24) is 0 Å². The standard InChI is InChI=1S/C3H5P/c4-3-1-2-3/h4H,1-2H2/p+1. The highest BCUT2D eigenvalue weighted by molar-refractivity contribution is 7.22. The zero-order valence-electron chi connectivity index (χ0n) is 2.49. The van der Waals surface area contributed by atoms with Gasteiger partial charge in [0.2, 0.25) is 0 Å². The van der Waals surface area contributed by atoms with Crippen LogP contribution in [0.4, 0.5) is 0 Å². The van der Waals surface area contributed by atoms with Crippen LogP contribution in [0.2, 0.25) is 0 Å². The van der Waals surface area contributed by atoms with Crippen LogP contribution in [-0.2, 0) is 0 Å². The van der Waals surface area contributed by atoms with Gasteiger partial charge < -0.3 is 0 Å². The Balaban J connectivity index is 2.60. The molecular weight excluding hydrogens is 67.0 g/mol. The average molecular weight is 73.1 g/mol. The summed E-state index contributed by atoms with van der Waals surface area (Å²) < 4.78 is 0. The Labute approximate surface area is 28.1 Å². The molecule has 1 atom stereocenters. The minimum Gasteiger partial charge on any atom is 0.0147 e. The van der Waals surface area contributed by atoms with Crippen molar-refractivity contribution in [3.63, 3.8) is 0 Å². The fourth-order valence-electron chi connectivity index (χ4n) is 0.0722. The summed E-state index contributed by atoms with van der Waals surface area (Å²) in [4.78, 5) is 0. The molecule has 1 fully saturated rings. The predicted molar refractivity (Wildman–Crippen MR) is 24.0 cm³/mol. The second-order valence-corrected chi connectivity index (χ2v) is 1.97. The maximum Gasteiger partial charge on any atom is 0.0940 e. The summed E-state index contributed by atoms with van der Waals surface area (Å²) in [5, 5.41) is 1.58. The van der Waals surface area contributed by atoms with Gasteiger partial charge in [0.25, 0.3) is 0 Å². The first kappa shape index (κ1) is 2.41. The Kier molecular flexibility index (Phi) is 0.336. The average Bonchev–Trinajstić information content (AvgIpc) is 1.75. The van der Waals surface area contributed by atoms with Crippen molar-refractivity contribution in [2.24, 2.45) is 0 Å². The molecule has 0 nitrogen and oxygen atoms in total. The van der Waals surface area contributed by atoms with Crippen LogP contribution in [0, 0.1) is 0 Å². The van der Waals surface area contributed by atoms with Crippen molar-refractivity contribution in [2.45, 2.75) is 12.8 Å². The molecule has 0 heterocycles. The van der Waals surface area contributed by atoms with Gasteiger partial charge in [-0.1, -0.05) is 0 Å². The molecule has 0 N–H and O–H groups in total. The first-order valence-corrected chi connectivity index (χ1v) is 2.07. The van der Waals surface area contributed by atoms with Crippen LogP contribution >= 0.6 is 8.86 Å². The third kappa shape index (κ3) is 0.296. The number of hydrogen-bond donors (Lipinski definition) is 0. The van der Waals surface area contributed by atoms with Gasteiger partial charge in [0.15, 0.2) is 0 Å². The highest BCUT2D eigenvalue weighted by Crippen LogP contribution is 2.13. The lowest BCUT2D eigenvalue weighted by Gasteiger charge is -1.20. The quantitative estimate of drug-likeness (QED) is 0.372. The molecule has 0 saturated heterocycles. The highest BCUT2D eigenvalue weighted by atomic mass is 31.0. The van der Waals surface area contributed by atoms with E-state index >= 15 is 0 Å². The van der Waals surface area contributed by atoms with Gasteiger partial charge >= 0.3 is 0 Å². The van der Waals surface area contributed by atoms with E-state index < -0.39 is 0 Å². The van der Waals surface area contributed by atoms with Gasteiger partial charge in [0.1, 0.15) is 0 Å². The molecule has 4 heavy (non-hydrogen) atoms. The van der Waals surface area contributed by atoms with Crippen molar-refractivity contribution < 1.29 is 0 Å². The van der Waals surface area contributed by atoms with Crippen LogP contribution in [-0.4, -0.2) is 5.29 Å². The summed E-state index contributed by atoms with van der Waals surface area (Å²) in [7, 11) is 2.69. The molecule has 1 aliphatic rings. The van der Waals surface area contributed by atoms with E-state index in [1.54, 1.807) is 5.29 Å². The zero-order chi connectivity index (χ0) is 2.99. The molecule has 0 aromatic carbocycles. The molecular formula is C3H6P+. The first-order chi connectivity index (χ1) is 1.89. The van der Waals surface area contributed by atoms with Gasteiger partial charge in [-0.2, -0.15) is 0 Å². The molecule has 0 radical (unpaired) electrons. The highest BCUT2D eigenvalue weighted by Gasteiger charge is 2.13. The zero-order valence-corrected chi connectivity index (χ0v) is 3.65. The van der Waals surface area contributed by atoms with E-state index in [2.05, 4.69) is 8.86 Å². The Hall–Kier alpha value is 0.170. The van der Waals surface area contributed by atoms with Crippen LogP contribution in [0.5, 0.6) is 0 Å². The van der Waals surface area contributed by atoms with Crippen LogP contribution in [0.1, 0.15) is 12.8 Å². The SMILES string of the molecule is [PH2+]=C1CC1. The van der Waals surface area contributed by atoms with Crippen LogP contribution < -0.4 is 0 Å². The van der Waals surface area contributed by atoms with Crippen molar-refractivity contribution >= 4 is 14.2 Å². The Bertz CT molecular complexity index is 41.2. The summed E-state index contributed by atoms with van der Waals surface area (Å²) >= 11 is 0. The topological polar surface area (TPSA) is 0 Å². The van der Waals surface area contributed by atoms with Crippen molar-refractivity contribution in [3.05, 3.63) is 0 Å². The molecule has 1 rings (SSSR count). The van der Waals surface area contributed by atoms with E-state index in [-0.39, 0.29) is 0 Å². The first-order valence-electron chi connectivity index (χ1n) is 1.50. The fraction of sp³-hybridized carbons (Fsp3) is 0.667. The van der Waals surface area contributed by atoms with Crippen LogP contribution in [0.15, 0.2) is 0 Å². The van der Waals surface area contributed by atoms with Gasteiger partial charge in [-0.05, 0) is 0 Å². The Morgan fingerprint density at radius 3 is 1.75 bits per heavy atom. The molecule has 0 aromatic rings. The van der Waals surface area contributed by atoms with Gasteiger partial charge in [-0.25, -0.2) is 0 Å². The molecule has 0 amide bonds. The summed E-state index contributed by atoms with van der Waals surface area (Å²) in [5.41, 5.74) is 0. The normalized spacial score (nSPS) is 21.5. The lowest BCUT2D eigenvalue weighted by molar-refractivity contribution is 1.50. The molecule has 22 valence electrons. The van der Waals surface area contributed by atoms with Crippen LogP contribution in [0.3, 0.4) is 0 Å². The van der Waals surface area contributed by atoms with Gasteiger partial charge in [-0.15, -0.1) is 0 Å². The van der Waals surface area contributed by atoms with E-state index in [1.807, 2.05) is 0 Å². The van der Waals surface area contributed by atoms with Crippen molar-refractivity contribution in [1.29, 1.82) is 0 Å². The summed E-state index contributed by atoms with van der Waals surface area (Å²) in [6, 6.07) is 0. The summed E-state index contributed by atoms with van der Waals surface area (Å²) in [6.45, 7) is 0. The van der Waals surface area contributed by atoms with Gasteiger partial charge in [0.05, 0.1) is 14.2 Å². The van der Waals surface area contributed by atoms with E-state index in [0.717, 1.165) is 0 Å². The Morgan fingerprint density at radius 1 is 1.50 bits per heavy atom. The second kappa shape index (κ2) is 0.558. The molecule has 0 aliphatic heterocycles. The largest absolute Gasteiger partial charge is 0.0940 e. The third-order valence-electron chi connectivity index (χ3n) is 0.539. The molecule has 0 spiro atoms. The van der Waals surface area contributed by atoms with E-state index in [0.29, 0.717) is 0 Å². The molecule has 1 aliphatic carbocycles. The van der Waals surface area contributed by atoms with Crippen LogP contribution in [0.25, 0.3) is 0 Å². The van der Waals surface area contributed by atoms with Crippen molar-refractivity contribution in [2.75, 3.05) is 0 Å². The maximum atomic E-state index is 2.69. The summed E-state index contributed by atoms with van der Waals surface area (Å²) in [5.74, 6) is 0. The number of rotatable bonds is 0.